The van der Waals surface area contributed by atoms with Crippen LogP contribution in [-0.2, 0) is 10.0 Å². The molecule has 0 amide bonds. The van der Waals surface area contributed by atoms with Crippen molar-refractivity contribution in [3.05, 3.63) is 52.9 Å². The van der Waals surface area contributed by atoms with E-state index in [-0.39, 0.29) is 22.4 Å². The van der Waals surface area contributed by atoms with E-state index in [9.17, 15) is 18.3 Å². The van der Waals surface area contributed by atoms with Crippen LogP contribution in [0.2, 0.25) is 0 Å². The highest BCUT2D eigenvalue weighted by atomic mass is 32.2. The van der Waals surface area contributed by atoms with Gasteiger partial charge in [0.05, 0.1) is 16.5 Å². The summed E-state index contributed by atoms with van der Waals surface area (Å²) in [5, 5.41) is 17.8. The zero-order chi connectivity index (χ0) is 23.9. The van der Waals surface area contributed by atoms with Crippen LogP contribution in [0, 0.1) is 0 Å². The lowest BCUT2D eigenvalue weighted by atomic mass is 10.00. The summed E-state index contributed by atoms with van der Waals surface area (Å²) >= 11 is 0. The van der Waals surface area contributed by atoms with E-state index in [1.807, 2.05) is 0 Å². The Hall–Kier alpha value is -2.86. The van der Waals surface area contributed by atoms with Crippen molar-refractivity contribution in [2.45, 2.75) is 42.7 Å². The van der Waals surface area contributed by atoms with Crippen molar-refractivity contribution >= 4 is 32.7 Å². The highest BCUT2D eigenvalue weighted by Crippen LogP contribution is 2.39. The van der Waals surface area contributed by atoms with Crippen molar-refractivity contribution in [3.8, 4) is 0 Å². The van der Waals surface area contributed by atoms with Crippen LogP contribution in [0.15, 0.2) is 52.3 Å². The Labute approximate surface area is 197 Å². The molecule has 2 aliphatic rings. The van der Waals surface area contributed by atoms with Crippen molar-refractivity contribution in [1.29, 1.82) is 0 Å². The molecule has 180 valence electrons. The molecule has 1 aliphatic heterocycles. The van der Waals surface area contributed by atoms with E-state index in [0.29, 0.717) is 55.7 Å². The minimum atomic E-state index is -3.54. The second-order valence-electron chi connectivity index (χ2n) is 9.08. The second kappa shape index (κ2) is 8.73. The van der Waals surface area contributed by atoms with E-state index in [1.54, 1.807) is 48.0 Å². The number of aliphatic hydroxyl groups is 1. The maximum absolute atomic E-state index is 12.9. The molecule has 2 atom stereocenters. The third-order valence-corrected chi connectivity index (χ3v) is 8.59. The van der Waals surface area contributed by atoms with Gasteiger partial charge in [-0.3, -0.25) is 9.36 Å². The lowest BCUT2D eigenvalue weighted by Gasteiger charge is -2.28. The number of benzene rings is 1. The molecule has 5 rings (SSSR count). The average Bonchev–Trinajstić information content (AvgIpc) is 3.18. The van der Waals surface area contributed by atoms with Gasteiger partial charge >= 0.3 is 0 Å². The van der Waals surface area contributed by atoms with Gasteiger partial charge in [0.2, 0.25) is 16.0 Å². The van der Waals surface area contributed by atoms with Gasteiger partial charge < -0.3 is 15.7 Å². The monoisotopic (exact) mass is 484 g/mol. The Morgan fingerprint density at radius 1 is 1.15 bits per heavy atom. The highest BCUT2D eigenvalue weighted by Gasteiger charge is 2.39. The molecular formula is C23H28N6O4S. The molecule has 34 heavy (non-hydrogen) atoms. The smallest absolute Gasteiger partial charge is 0.252 e. The third-order valence-electron chi connectivity index (χ3n) is 6.68. The van der Waals surface area contributed by atoms with Crippen LogP contribution in [-0.4, -0.2) is 64.1 Å². The Morgan fingerprint density at radius 2 is 1.88 bits per heavy atom. The largest absolute Gasteiger partial charge is 0.388 e. The number of piperazine rings is 1. The van der Waals surface area contributed by atoms with Crippen molar-refractivity contribution < 1.29 is 13.5 Å². The fourth-order valence-electron chi connectivity index (χ4n) is 4.81. The van der Waals surface area contributed by atoms with Gasteiger partial charge in [0.25, 0.3) is 5.56 Å². The van der Waals surface area contributed by atoms with Crippen molar-refractivity contribution in [1.82, 2.24) is 24.2 Å². The molecule has 2 aromatic heterocycles. The number of rotatable bonds is 5. The van der Waals surface area contributed by atoms with Crippen molar-refractivity contribution in [2.75, 3.05) is 31.5 Å². The fraction of sp³-hybridized carbons (Fsp3) is 0.435. The topological polar surface area (TPSA) is 129 Å². The molecule has 1 saturated carbocycles. The Morgan fingerprint density at radius 3 is 2.56 bits per heavy atom. The second-order valence-corrected chi connectivity index (χ2v) is 11.0. The molecule has 1 aromatic carbocycles. The molecule has 1 saturated heterocycles. The van der Waals surface area contributed by atoms with Crippen molar-refractivity contribution in [3.63, 3.8) is 0 Å². The quantitative estimate of drug-likeness (QED) is 0.498. The van der Waals surface area contributed by atoms with Gasteiger partial charge in [-0.25, -0.2) is 13.4 Å². The van der Waals surface area contributed by atoms with Crippen LogP contribution in [0.4, 0.5) is 11.6 Å². The zero-order valence-electron chi connectivity index (χ0n) is 18.9. The highest BCUT2D eigenvalue weighted by molar-refractivity contribution is 7.89. The number of nitrogens with zero attached hydrogens (tertiary/aromatic N) is 4. The summed E-state index contributed by atoms with van der Waals surface area (Å²) in [5.74, 6) is 0.280. The average molecular weight is 485 g/mol. The van der Waals surface area contributed by atoms with Crippen LogP contribution < -0.4 is 16.2 Å². The summed E-state index contributed by atoms with van der Waals surface area (Å²) in [6, 6.07) is 9.26. The third kappa shape index (κ3) is 4.20. The summed E-state index contributed by atoms with van der Waals surface area (Å²) in [7, 11) is -3.54. The van der Waals surface area contributed by atoms with E-state index in [4.69, 9.17) is 0 Å². The molecule has 0 radical (unpaired) electrons. The summed E-state index contributed by atoms with van der Waals surface area (Å²) < 4.78 is 28.8. The first-order valence-electron chi connectivity index (χ1n) is 11.4. The van der Waals surface area contributed by atoms with Gasteiger partial charge in [0, 0.05) is 49.5 Å². The predicted octanol–water partition coefficient (Wildman–Crippen LogP) is 1.60. The molecule has 2 fully saturated rings. The lowest BCUT2D eigenvalue weighted by Crippen LogP contribution is -2.46. The molecule has 1 aliphatic carbocycles. The van der Waals surface area contributed by atoms with Crippen molar-refractivity contribution in [2.24, 2.45) is 0 Å². The van der Waals surface area contributed by atoms with Crippen LogP contribution >= 0.6 is 0 Å². The summed E-state index contributed by atoms with van der Waals surface area (Å²) in [6.45, 7) is 3.93. The van der Waals surface area contributed by atoms with E-state index in [2.05, 4.69) is 20.6 Å². The first kappa shape index (κ1) is 22.9. The molecule has 11 heteroatoms. The van der Waals surface area contributed by atoms with Gasteiger partial charge in [0.15, 0.2) is 0 Å². The number of fused-ring (bicyclic) bond motifs is 1. The SMILES string of the molecule is C[C@@]1(O)CCC[C@H]1n1c(=O)ccc2cnc(Nc3ccc(S(=O)(=O)N4CCNCC4)cc3)nc21. The predicted molar refractivity (Wildman–Crippen MR) is 129 cm³/mol. The van der Waals surface area contributed by atoms with Gasteiger partial charge in [-0.15, -0.1) is 0 Å². The number of pyridine rings is 1. The van der Waals surface area contributed by atoms with E-state index >= 15 is 0 Å². The van der Waals surface area contributed by atoms with Gasteiger partial charge in [-0.1, -0.05) is 0 Å². The summed E-state index contributed by atoms with van der Waals surface area (Å²) in [6.07, 6.45) is 3.79. The number of hydrogen-bond donors (Lipinski definition) is 3. The van der Waals surface area contributed by atoms with Gasteiger partial charge in [0.1, 0.15) is 5.65 Å². The summed E-state index contributed by atoms with van der Waals surface area (Å²) in [4.78, 5) is 21.9. The maximum Gasteiger partial charge on any atom is 0.252 e. The van der Waals surface area contributed by atoms with E-state index in [0.717, 1.165) is 6.42 Å². The molecular weight excluding hydrogens is 456 g/mol. The van der Waals surface area contributed by atoms with Crippen LogP contribution in [0.25, 0.3) is 11.0 Å². The first-order valence-corrected chi connectivity index (χ1v) is 12.9. The van der Waals surface area contributed by atoms with E-state index < -0.39 is 15.6 Å². The minimum absolute atomic E-state index is 0.216. The lowest BCUT2D eigenvalue weighted by molar-refractivity contribution is 0.0267. The molecule has 3 N–H and O–H groups in total. The number of hydrogen-bond acceptors (Lipinski definition) is 8. The Kier molecular flexibility index (Phi) is 5.88. The number of anilines is 2. The normalized spacial score (nSPS) is 23.9. The Bertz CT molecular complexity index is 1360. The number of sulfonamides is 1. The van der Waals surface area contributed by atoms with Gasteiger partial charge in [-0.2, -0.15) is 9.29 Å². The summed E-state index contributed by atoms with van der Waals surface area (Å²) in [5.41, 5.74) is -0.124. The molecule has 0 spiro atoms. The van der Waals surface area contributed by atoms with Crippen LogP contribution in [0.5, 0.6) is 0 Å². The Balaban J connectivity index is 1.43. The van der Waals surface area contributed by atoms with E-state index in [1.165, 1.54) is 10.4 Å². The van der Waals surface area contributed by atoms with Crippen LogP contribution in [0.1, 0.15) is 32.2 Å². The minimum Gasteiger partial charge on any atom is -0.388 e. The first-order chi connectivity index (χ1) is 16.3. The zero-order valence-corrected chi connectivity index (χ0v) is 19.8. The molecule has 10 nitrogen and oxygen atoms in total. The fourth-order valence-corrected chi connectivity index (χ4v) is 6.25. The van der Waals surface area contributed by atoms with Crippen LogP contribution in [0.3, 0.4) is 0 Å². The molecule has 3 aromatic rings. The molecule has 0 bridgehead atoms. The number of nitrogens with one attached hydrogen (secondary N) is 2. The maximum atomic E-state index is 12.9. The molecule has 3 heterocycles. The van der Waals surface area contributed by atoms with Gasteiger partial charge in [-0.05, 0) is 56.5 Å². The number of aromatic nitrogens is 3. The standard InChI is InChI=1S/C23H28N6O4S/c1-23(31)10-2-3-19(23)29-20(30)9-4-16-15-25-22(27-21(16)29)26-17-5-7-18(8-6-17)34(32,33)28-13-11-24-12-14-28/h4-9,15,19,24,31H,2-3,10-14H2,1H3,(H,25,26,27)/t19-,23-/m1/s1. The molecule has 0 unspecified atom stereocenters.